The molecule has 0 spiro atoms. The van der Waals surface area contributed by atoms with Gasteiger partial charge in [-0.1, -0.05) is 25.5 Å². The van der Waals surface area contributed by atoms with Crippen molar-refractivity contribution in [3.05, 3.63) is 41.0 Å². The molecule has 0 bridgehead atoms. The van der Waals surface area contributed by atoms with Gasteiger partial charge in [0.15, 0.2) is 0 Å². The van der Waals surface area contributed by atoms with Crippen LogP contribution in [0.25, 0.3) is 0 Å². The summed E-state index contributed by atoms with van der Waals surface area (Å²) in [5, 5.41) is 3.06. The number of benzene rings is 1. The van der Waals surface area contributed by atoms with E-state index in [9.17, 15) is 9.59 Å². The molecule has 3 aliphatic carbocycles. The number of hydrogen-bond donors (Lipinski definition) is 1. The largest absolute Gasteiger partial charge is 0.458 e. The molecule has 0 saturated heterocycles. The molecule has 1 aliphatic heterocycles. The van der Waals surface area contributed by atoms with Crippen LogP contribution in [0.5, 0.6) is 0 Å². The highest BCUT2D eigenvalue weighted by molar-refractivity contribution is 6.18. The van der Waals surface area contributed by atoms with Gasteiger partial charge in [-0.05, 0) is 92.7 Å². The molecule has 5 rings (SSSR count). The molecule has 208 valence electrons. The summed E-state index contributed by atoms with van der Waals surface area (Å²) in [6.07, 6.45) is 9.25. The van der Waals surface area contributed by atoms with Crippen LogP contribution in [-0.4, -0.2) is 49.4 Å². The van der Waals surface area contributed by atoms with Crippen LogP contribution in [0.4, 0.5) is 5.69 Å². The number of amides is 1. The predicted molar refractivity (Wildman–Crippen MR) is 154 cm³/mol. The lowest BCUT2D eigenvalue weighted by atomic mass is 9.48. The first-order valence-electron chi connectivity index (χ1n) is 14.4. The molecular formula is C31H42Cl2N2O3. The van der Waals surface area contributed by atoms with Crippen LogP contribution in [0.15, 0.2) is 29.8 Å². The smallest absolute Gasteiger partial charge is 0.338 e. The first kappa shape index (κ1) is 27.8. The van der Waals surface area contributed by atoms with Crippen molar-refractivity contribution in [1.29, 1.82) is 0 Å². The van der Waals surface area contributed by atoms with Crippen LogP contribution < -0.4 is 10.2 Å². The number of alkyl halides is 2. The van der Waals surface area contributed by atoms with Gasteiger partial charge in [0.2, 0.25) is 5.91 Å². The number of hydrogen-bond acceptors (Lipinski definition) is 4. The Morgan fingerprint density at radius 1 is 1.08 bits per heavy atom. The first-order valence-corrected chi connectivity index (χ1v) is 15.5. The van der Waals surface area contributed by atoms with E-state index in [0.717, 1.165) is 62.7 Å². The van der Waals surface area contributed by atoms with E-state index in [2.05, 4.69) is 24.1 Å². The van der Waals surface area contributed by atoms with Gasteiger partial charge in [0.05, 0.1) is 5.56 Å². The Labute approximate surface area is 237 Å². The van der Waals surface area contributed by atoms with Crippen LogP contribution in [0, 0.1) is 35.5 Å². The third-order valence-corrected chi connectivity index (χ3v) is 11.0. The number of aryl methyl sites for hydroxylation is 1. The molecule has 1 aromatic rings. The van der Waals surface area contributed by atoms with Crippen molar-refractivity contribution in [2.24, 2.45) is 28.6 Å². The number of allylic oxidation sites excluding steroid dienone is 1. The van der Waals surface area contributed by atoms with Gasteiger partial charge in [-0.15, -0.1) is 23.2 Å². The second-order valence-electron chi connectivity index (χ2n) is 12.4. The summed E-state index contributed by atoms with van der Waals surface area (Å²) in [5.41, 5.74) is 4.13. The van der Waals surface area contributed by atoms with Gasteiger partial charge in [-0.25, -0.2) is 4.79 Å². The maximum atomic E-state index is 13.5. The Kier molecular flexibility index (Phi) is 8.09. The monoisotopic (exact) mass is 560 g/mol. The predicted octanol–water partition coefficient (Wildman–Crippen LogP) is 6.49. The Morgan fingerprint density at radius 2 is 1.84 bits per heavy atom. The molecule has 0 unspecified atom stereocenters. The van der Waals surface area contributed by atoms with Gasteiger partial charge in [0, 0.05) is 48.6 Å². The number of nitrogens with one attached hydrogen (secondary N) is 1. The van der Waals surface area contributed by atoms with Gasteiger partial charge >= 0.3 is 5.97 Å². The minimum atomic E-state index is -0.230. The summed E-state index contributed by atoms with van der Waals surface area (Å²) < 4.78 is 6.33. The molecule has 0 radical (unpaired) electrons. The van der Waals surface area contributed by atoms with Crippen LogP contribution in [0.2, 0.25) is 0 Å². The van der Waals surface area contributed by atoms with Crippen molar-refractivity contribution in [3.63, 3.8) is 0 Å². The van der Waals surface area contributed by atoms with Crippen molar-refractivity contribution in [2.45, 2.75) is 71.8 Å². The molecule has 4 aliphatic rings. The fourth-order valence-corrected chi connectivity index (χ4v) is 8.95. The SMILES string of the molecule is Cc1ccc(C(=O)O[C@H]2CC[C@H]3[C@@H]4CCC5=CC(=O)NCC[C@]5(C)[C@H]4CC[C@]23C)cc1N(CCCl)CCCl. The average Bonchev–Trinajstić information content (AvgIpc) is 3.12. The number of fused-ring (bicyclic) bond motifs is 5. The van der Waals surface area contributed by atoms with Crippen molar-refractivity contribution in [3.8, 4) is 0 Å². The summed E-state index contributed by atoms with van der Waals surface area (Å²) in [6, 6.07) is 5.81. The van der Waals surface area contributed by atoms with Crippen LogP contribution in [0.1, 0.15) is 74.7 Å². The topological polar surface area (TPSA) is 58.6 Å². The average molecular weight is 562 g/mol. The van der Waals surface area contributed by atoms with E-state index < -0.39 is 0 Å². The summed E-state index contributed by atoms with van der Waals surface area (Å²) in [4.78, 5) is 27.8. The molecular weight excluding hydrogens is 519 g/mol. The summed E-state index contributed by atoms with van der Waals surface area (Å²) in [7, 11) is 0. The molecule has 3 fully saturated rings. The number of halogens is 2. The van der Waals surface area contributed by atoms with Gasteiger partial charge < -0.3 is 15.0 Å². The maximum Gasteiger partial charge on any atom is 0.338 e. The third kappa shape index (κ3) is 4.87. The van der Waals surface area contributed by atoms with Crippen molar-refractivity contribution >= 4 is 40.8 Å². The van der Waals surface area contributed by atoms with Crippen LogP contribution in [0.3, 0.4) is 0 Å². The molecule has 1 heterocycles. The number of carbonyl (C=O) groups is 2. The number of carbonyl (C=O) groups excluding carboxylic acids is 2. The molecule has 0 aromatic heterocycles. The molecule has 1 amide bonds. The van der Waals surface area contributed by atoms with E-state index in [1.165, 1.54) is 5.57 Å². The Hall–Kier alpha value is -1.72. The fraction of sp³-hybridized carbons (Fsp3) is 0.677. The van der Waals surface area contributed by atoms with Crippen LogP contribution in [-0.2, 0) is 9.53 Å². The minimum Gasteiger partial charge on any atom is -0.458 e. The number of nitrogens with zero attached hydrogens (tertiary/aromatic N) is 1. The van der Waals surface area contributed by atoms with Crippen LogP contribution >= 0.6 is 23.2 Å². The first-order chi connectivity index (χ1) is 18.2. The molecule has 1 N–H and O–H groups in total. The minimum absolute atomic E-state index is 0.00398. The molecule has 5 nitrogen and oxygen atoms in total. The van der Waals surface area contributed by atoms with E-state index >= 15 is 0 Å². The van der Waals surface area contributed by atoms with Gasteiger partial charge in [0.1, 0.15) is 6.10 Å². The number of ether oxygens (including phenoxy) is 1. The zero-order valence-corrected chi connectivity index (χ0v) is 24.5. The van der Waals surface area contributed by atoms with Crippen molar-refractivity contribution in [1.82, 2.24) is 5.32 Å². The van der Waals surface area contributed by atoms with Gasteiger partial charge in [0.25, 0.3) is 0 Å². The molecule has 3 saturated carbocycles. The molecule has 6 atom stereocenters. The zero-order chi connectivity index (χ0) is 27.1. The van der Waals surface area contributed by atoms with E-state index in [-0.39, 0.29) is 28.8 Å². The van der Waals surface area contributed by atoms with Gasteiger partial charge in [-0.2, -0.15) is 0 Å². The highest BCUT2D eigenvalue weighted by Crippen LogP contribution is 2.65. The normalized spacial score (nSPS) is 34.2. The van der Waals surface area contributed by atoms with Gasteiger partial charge in [-0.3, -0.25) is 4.79 Å². The molecule has 7 heteroatoms. The Bertz CT molecular complexity index is 1100. The Morgan fingerprint density at radius 3 is 2.58 bits per heavy atom. The number of esters is 1. The fourth-order valence-electron chi connectivity index (χ4n) is 8.54. The lowest BCUT2D eigenvalue weighted by molar-refractivity contribution is -0.116. The maximum absolute atomic E-state index is 13.5. The lowest BCUT2D eigenvalue weighted by Gasteiger charge is -2.56. The van der Waals surface area contributed by atoms with Crippen molar-refractivity contribution in [2.75, 3.05) is 36.3 Å². The van der Waals surface area contributed by atoms with E-state index in [0.29, 0.717) is 48.2 Å². The van der Waals surface area contributed by atoms with E-state index in [4.69, 9.17) is 27.9 Å². The second-order valence-corrected chi connectivity index (χ2v) is 13.2. The second kappa shape index (κ2) is 11.0. The number of anilines is 1. The zero-order valence-electron chi connectivity index (χ0n) is 23.0. The summed E-state index contributed by atoms with van der Waals surface area (Å²) in [5.74, 6) is 2.61. The lowest BCUT2D eigenvalue weighted by Crippen LogP contribution is -2.51. The summed E-state index contributed by atoms with van der Waals surface area (Å²) >= 11 is 12.1. The van der Waals surface area contributed by atoms with Crippen molar-refractivity contribution < 1.29 is 14.3 Å². The third-order valence-electron chi connectivity index (χ3n) is 10.6. The van der Waals surface area contributed by atoms with E-state index in [1.54, 1.807) is 0 Å². The standard InChI is InChI=1S/C31H42Cl2N2O3/c1-20-4-5-21(18-26(20)35(16-13-32)17-14-33)29(37)38-27-9-8-24-23-7-6-22-19-28(36)34-15-12-30(22,2)25(23)10-11-31(24,27)3/h4-5,18-19,23-25,27H,6-17H2,1-3H3,(H,34,36)/t23-,24-,25-,27-,30-,31-/m0/s1. The Balaban J connectivity index is 1.33. The molecule has 1 aromatic carbocycles. The highest BCUT2D eigenvalue weighted by atomic mass is 35.5. The number of rotatable bonds is 7. The quantitative estimate of drug-likeness (QED) is 0.305. The molecule has 38 heavy (non-hydrogen) atoms. The highest BCUT2D eigenvalue weighted by Gasteiger charge is 2.59. The summed E-state index contributed by atoms with van der Waals surface area (Å²) in [6.45, 7) is 8.93. The van der Waals surface area contributed by atoms with E-state index in [1.807, 2.05) is 31.2 Å².